The maximum Gasteiger partial charge on any atom is 0.303 e. The lowest BCUT2D eigenvalue weighted by Crippen LogP contribution is -2.60. The first kappa shape index (κ1) is 19.6. The summed E-state index contributed by atoms with van der Waals surface area (Å²) in [5.74, 6) is -3.19. The highest BCUT2D eigenvalue weighted by Gasteiger charge is 2.59. The monoisotopic (exact) mass is 362 g/mol. The van der Waals surface area contributed by atoms with Gasteiger partial charge in [0.15, 0.2) is 24.6 Å². The molecule has 2 fully saturated rings. The van der Waals surface area contributed by atoms with Crippen molar-refractivity contribution in [2.45, 2.75) is 64.4 Å². The Morgan fingerprint density at radius 1 is 0.960 bits per heavy atom. The summed E-state index contributed by atoms with van der Waals surface area (Å²) >= 11 is 0. The van der Waals surface area contributed by atoms with Crippen molar-refractivity contribution in [2.24, 2.45) is 0 Å². The fourth-order valence-electron chi connectivity index (χ4n) is 2.67. The zero-order chi connectivity index (χ0) is 18.8. The number of carbonyl (C=O) groups is 3. The summed E-state index contributed by atoms with van der Waals surface area (Å²) in [6.45, 7) is 4.93. The molecule has 0 amide bonds. The molecule has 2 saturated heterocycles. The van der Waals surface area contributed by atoms with Gasteiger partial charge in [0.25, 0.3) is 5.97 Å². The van der Waals surface area contributed by atoms with E-state index in [1.165, 1.54) is 34.8 Å². The summed E-state index contributed by atoms with van der Waals surface area (Å²) in [5.41, 5.74) is 0. The summed E-state index contributed by atoms with van der Waals surface area (Å²) in [5, 5.41) is 0. The Kier molecular flexibility index (Phi) is 5.99. The highest BCUT2D eigenvalue weighted by molar-refractivity contribution is 5.67. The molecule has 2 unspecified atom stereocenters. The third kappa shape index (κ3) is 4.66. The molecule has 0 bridgehead atoms. The topological polar surface area (TPSA) is 116 Å². The van der Waals surface area contributed by atoms with Crippen molar-refractivity contribution in [1.82, 2.24) is 0 Å². The lowest BCUT2D eigenvalue weighted by molar-refractivity contribution is -0.334. The smallest absolute Gasteiger partial charge is 0.303 e. The molecule has 2 rings (SSSR count). The van der Waals surface area contributed by atoms with Gasteiger partial charge in [-0.3, -0.25) is 19.1 Å². The van der Waals surface area contributed by atoms with Crippen molar-refractivity contribution in [3.8, 4) is 0 Å². The molecule has 2 aliphatic heterocycles. The van der Waals surface area contributed by atoms with E-state index in [0.717, 1.165) is 0 Å². The van der Waals surface area contributed by atoms with Crippen molar-refractivity contribution in [1.29, 1.82) is 0 Å². The Hall–Kier alpha value is -1.75. The summed E-state index contributed by atoms with van der Waals surface area (Å²) in [4.78, 5) is 34.1. The average molecular weight is 362 g/mol. The molecule has 0 spiro atoms. The summed E-state index contributed by atoms with van der Waals surface area (Å²) in [6.07, 6.45) is -4.86. The Labute approximate surface area is 144 Å². The second kappa shape index (κ2) is 7.65. The molecule has 142 valence electrons. The van der Waals surface area contributed by atoms with Gasteiger partial charge in [0.1, 0.15) is 12.7 Å². The van der Waals surface area contributed by atoms with Gasteiger partial charge in [0.05, 0.1) is 0 Å². The predicted octanol–water partition coefficient (Wildman–Crippen LogP) is -0.127. The van der Waals surface area contributed by atoms with Crippen LogP contribution in [0.4, 0.5) is 0 Å². The van der Waals surface area contributed by atoms with Gasteiger partial charge in [0, 0.05) is 34.8 Å². The minimum absolute atomic E-state index is 0.221. The first-order valence-electron chi connectivity index (χ1n) is 7.69. The van der Waals surface area contributed by atoms with Crippen LogP contribution in [0.1, 0.15) is 27.7 Å². The second-order valence-corrected chi connectivity index (χ2v) is 5.76. The Balaban J connectivity index is 2.29. The van der Waals surface area contributed by atoms with Crippen molar-refractivity contribution in [3.63, 3.8) is 0 Å². The maximum absolute atomic E-state index is 11.5. The molecule has 25 heavy (non-hydrogen) atoms. The molecular formula is C15H22O10. The second-order valence-electron chi connectivity index (χ2n) is 5.76. The van der Waals surface area contributed by atoms with E-state index in [1.54, 1.807) is 0 Å². The largest absolute Gasteiger partial charge is 0.463 e. The van der Waals surface area contributed by atoms with Crippen LogP contribution in [0.25, 0.3) is 0 Å². The SMILES string of the molecule is COC1(C)OC2O[C@H](COC(C)=O)[C@H](OC(C)=O)[C@H](OC(C)=O)[C@H]2O1. The van der Waals surface area contributed by atoms with Gasteiger partial charge in [-0.1, -0.05) is 0 Å². The van der Waals surface area contributed by atoms with Crippen LogP contribution in [-0.2, 0) is 47.5 Å². The van der Waals surface area contributed by atoms with Crippen LogP contribution in [0, 0.1) is 0 Å². The predicted molar refractivity (Wildman–Crippen MR) is 77.8 cm³/mol. The van der Waals surface area contributed by atoms with Crippen LogP contribution >= 0.6 is 0 Å². The van der Waals surface area contributed by atoms with Crippen LogP contribution in [0.5, 0.6) is 0 Å². The van der Waals surface area contributed by atoms with Crippen LogP contribution in [-0.4, -0.2) is 68.3 Å². The first-order valence-corrected chi connectivity index (χ1v) is 7.69. The van der Waals surface area contributed by atoms with E-state index in [1.807, 2.05) is 0 Å². The third-order valence-corrected chi connectivity index (χ3v) is 3.70. The fourth-order valence-corrected chi connectivity index (χ4v) is 2.67. The highest BCUT2D eigenvalue weighted by atomic mass is 16.9. The maximum atomic E-state index is 11.5. The van der Waals surface area contributed by atoms with Crippen molar-refractivity contribution < 1.29 is 47.5 Å². The van der Waals surface area contributed by atoms with Gasteiger partial charge < -0.3 is 28.4 Å². The van der Waals surface area contributed by atoms with E-state index in [-0.39, 0.29) is 6.61 Å². The van der Waals surface area contributed by atoms with Crippen LogP contribution in [0.15, 0.2) is 0 Å². The molecule has 10 heteroatoms. The summed E-state index contributed by atoms with van der Waals surface area (Å²) in [7, 11) is 1.37. The number of carbonyl (C=O) groups excluding carboxylic acids is 3. The van der Waals surface area contributed by atoms with Crippen LogP contribution in [0.3, 0.4) is 0 Å². The normalized spacial score (nSPS) is 37.1. The molecule has 2 aliphatic rings. The molecule has 0 aromatic carbocycles. The lowest BCUT2D eigenvalue weighted by atomic mass is 9.98. The highest BCUT2D eigenvalue weighted by Crippen LogP contribution is 2.39. The van der Waals surface area contributed by atoms with Crippen LogP contribution in [0.2, 0.25) is 0 Å². The van der Waals surface area contributed by atoms with E-state index >= 15 is 0 Å². The first-order chi connectivity index (χ1) is 11.6. The van der Waals surface area contributed by atoms with Gasteiger partial charge in [-0.2, -0.15) is 0 Å². The fraction of sp³-hybridized carbons (Fsp3) is 0.800. The molecule has 0 N–H and O–H groups in total. The van der Waals surface area contributed by atoms with Gasteiger partial charge in [-0.05, 0) is 0 Å². The van der Waals surface area contributed by atoms with E-state index < -0.39 is 54.6 Å². The average Bonchev–Trinajstić information content (AvgIpc) is 2.84. The van der Waals surface area contributed by atoms with Crippen molar-refractivity contribution in [3.05, 3.63) is 0 Å². The molecule has 0 aliphatic carbocycles. The molecule has 0 aromatic heterocycles. The molecule has 10 nitrogen and oxygen atoms in total. The quantitative estimate of drug-likeness (QED) is 0.484. The summed E-state index contributed by atoms with van der Waals surface area (Å²) < 4.78 is 37.6. The van der Waals surface area contributed by atoms with Gasteiger partial charge in [-0.25, -0.2) is 0 Å². The third-order valence-electron chi connectivity index (χ3n) is 3.70. The number of ether oxygens (including phenoxy) is 7. The van der Waals surface area contributed by atoms with E-state index in [4.69, 9.17) is 33.2 Å². The standard InChI is InChI=1S/C15H22O10/c1-7(16)20-6-10-11(21-8(2)17)12(22-9(3)18)13-14(23-10)25-15(4,19-5)24-13/h10-14H,6H2,1-5H3/t10-,11+,12+,13-,14?,15?/m1/s1. The van der Waals surface area contributed by atoms with E-state index in [9.17, 15) is 14.4 Å². The lowest BCUT2D eigenvalue weighted by Gasteiger charge is -2.40. The number of esters is 3. The number of hydrogen-bond donors (Lipinski definition) is 0. The Morgan fingerprint density at radius 2 is 1.56 bits per heavy atom. The zero-order valence-electron chi connectivity index (χ0n) is 14.7. The van der Waals surface area contributed by atoms with Crippen molar-refractivity contribution in [2.75, 3.05) is 13.7 Å². The zero-order valence-corrected chi connectivity index (χ0v) is 14.7. The molecule has 2 heterocycles. The number of rotatable bonds is 5. The Bertz CT molecular complexity index is 534. The van der Waals surface area contributed by atoms with Crippen LogP contribution < -0.4 is 0 Å². The minimum Gasteiger partial charge on any atom is -0.463 e. The van der Waals surface area contributed by atoms with Crippen molar-refractivity contribution >= 4 is 17.9 Å². The molecule has 0 radical (unpaired) electrons. The number of hydrogen-bond acceptors (Lipinski definition) is 10. The summed E-state index contributed by atoms with van der Waals surface area (Å²) in [6, 6.07) is 0. The molecule has 0 aromatic rings. The molecule has 0 saturated carbocycles. The minimum atomic E-state index is -1.43. The number of fused-ring (bicyclic) bond motifs is 1. The van der Waals surface area contributed by atoms with Gasteiger partial charge >= 0.3 is 17.9 Å². The molecular weight excluding hydrogens is 340 g/mol. The van der Waals surface area contributed by atoms with E-state index in [2.05, 4.69) is 0 Å². The molecule has 6 atom stereocenters. The van der Waals surface area contributed by atoms with Gasteiger partial charge in [0.2, 0.25) is 0 Å². The van der Waals surface area contributed by atoms with E-state index in [0.29, 0.717) is 0 Å². The Morgan fingerprint density at radius 3 is 2.08 bits per heavy atom. The number of methoxy groups -OCH3 is 1. The van der Waals surface area contributed by atoms with Gasteiger partial charge in [-0.15, -0.1) is 0 Å².